The van der Waals surface area contributed by atoms with Gasteiger partial charge < -0.3 is 10.6 Å². The summed E-state index contributed by atoms with van der Waals surface area (Å²) in [5.41, 5.74) is -3.18. The Labute approximate surface area is 165 Å². The lowest BCUT2D eigenvalue weighted by Crippen LogP contribution is -2.21. The summed E-state index contributed by atoms with van der Waals surface area (Å²) in [6.07, 6.45) is -5.05. The molecule has 2 aromatic carbocycles. The van der Waals surface area contributed by atoms with Gasteiger partial charge in [0, 0.05) is 12.6 Å². The zero-order valence-corrected chi connectivity index (χ0v) is 15.1. The van der Waals surface area contributed by atoms with Crippen molar-refractivity contribution in [3.63, 3.8) is 0 Å². The van der Waals surface area contributed by atoms with Crippen molar-refractivity contribution in [2.45, 2.75) is 13.1 Å². The van der Waals surface area contributed by atoms with Crippen LogP contribution in [0.5, 0.6) is 0 Å². The zero-order chi connectivity index (χ0) is 22.1. The van der Waals surface area contributed by atoms with E-state index >= 15 is 0 Å². The maximum absolute atomic E-state index is 14.0. The lowest BCUT2D eigenvalue weighted by molar-refractivity contribution is -0.143. The SMILES string of the molecule is CC(=O)Nc1ccc(F)c(NC(=O)c2nnn(-c3ccc(F)cc3)c2C(F)(F)F)c1. The van der Waals surface area contributed by atoms with Gasteiger partial charge in [0.1, 0.15) is 11.6 Å². The maximum atomic E-state index is 14.0. The number of amides is 2. The first-order chi connectivity index (χ1) is 14.1. The average molecular weight is 425 g/mol. The van der Waals surface area contributed by atoms with Crippen LogP contribution in [-0.2, 0) is 11.0 Å². The van der Waals surface area contributed by atoms with E-state index < -0.39 is 46.7 Å². The number of hydrogen-bond acceptors (Lipinski definition) is 4. The van der Waals surface area contributed by atoms with Crippen LogP contribution in [0, 0.1) is 11.6 Å². The minimum Gasteiger partial charge on any atom is -0.326 e. The molecule has 12 heteroatoms. The second-order valence-electron chi connectivity index (χ2n) is 6.00. The first kappa shape index (κ1) is 20.9. The summed E-state index contributed by atoms with van der Waals surface area (Å²) in [4.78, 5) is 23.5. The van der Waals surface area contributed by atoms with Gasteiger partial charge in [0.25, 0.3) is 5.91 Å². The number of rotatable bonds is 4. The highest BCUT2D eigenvalue weighted by atomic mass is 19.4. The number of carbonyl (C=O) groups excluding carboxylic acids is 2. The zero-order valence-electron chi connectivity index (χ0n) is 15.1. The van der Waals surface area contributed by atoms with E-state index in [9.17, 15) is 31.5 Å². The fourth-order valence-electron chi connectivity index (χ4n) is 2.54. The van der Waals surface area contributed by atoms with Gasteiger partial charge in [0.2, 0.25) is 5.91 Å². The van der Waals surface area contributed by atoms with Gasteiger partial charge in [0.05, 0.1) is 11.4 Å². The van der Waals surface area contributed by atoms with Crippen molar-refractivity contribution in [2.75, 3.05) is 10.6 Å². The van der Waals surface area contributed by atoms with Gasteiger partial charge in [-0.15, -0.1) is 5.10 Å². The second kappa shape index (κ2) is 7.89. The second-order valence-corrected chi connectivity index (χ2v) is 6.00. The lowest BCUT2D eigenvalue weighted by Gasteiger charge is -2.12. The summed E-state index contributed by atoms with van der Waals surface area (Å²) in [6.45, 7) is 1.20. The fraction of sp³-hybridized carbons (Fsp3) is 0.111. The Balaban J connectivity index is 1.99. The Kier molecular flexibility index (Phi) is 5.49. The highest BCUT2D eigenvalue weighted by molar-refractivity contribution is 6.04. The molecule has 2 amide bonds. The first-order valence-corrected chi connectivity index (χ1v) is 8.23. The van der Waals surface area contributed by atoms with Gasteiger partial charge in [-0.25, -0.2) is 13.5 Å². The van der Waals surface area contributed by atoms with Crippen molar-refractivity contribution in [3.8, 4) is 5.69 Å². The van der Waals surface area contributed by atoms with Gasteiger partial charge >= 0.3 is 6.18 Å². The molecule has 0 bridgehead atoms. The van der Waals surface area contributed by atoms with Crippen LogP contribution in [0.1, 0.15) is 23.1 Å². The molecule has 1 aromatic heterocycles. The summed E-state index contributed by atoms with van der Waals surface area (Å²) >= 11 is 0. The summed E-state index contributed by atoms with van der Waals surface area (Å²) in [5.74, 6) is -3.48. The molecule has 30 heavy (non-hydrogen) atoms. The van der Waals surface area contributed by atoms with Gasteiger partial charge in [-0.1, -0.05) is 5.21 Å². The van der Waals surface area contributed by atoms with Crippen LogP contribution in [0.3, 0.4) is 0 Å². The smallest absolute Gasteiger partial charge is 0.326 e. The van der Waals surface area contributed by atoms with E-state index in [0.717, 1.165) is 36.4 Å². The van der Waals surface area contributed by atoms with Gasteiger partial charge in [0.15, 0.2) is 11.4 Å². The van der Waals surface area contributed by atoms with E-state index in [1.54, 1.807) is 0 Å². The van der Waals surface area contributed by atoms with E-state index in [1.165, 1.54) is 13.0 Å². The molecule has 3 aromatic rings. The molecule has 0 atom stereocenters. The molecule has 0 unspecified atom stereocenters. The minimum absolute atomic E-state index is 0.116. The van der Waals surface area contributed by atoms with Crippen molar-refractivity contribution in [2.24, 2.45) is 0 Å². The number of aromatic nitrogens is 3. The van der Waals surface area contributed by atoms with Crippen LogP contribution in [-0.4, -0.2) is 26.8 Å². The molecule has 0 radical (unpaired) electrons. The molecule has 0 aliphatic carbocycles. The number of alkyl halides is 3. The van der Waals surface area contributed by atoms with Crippen molar-refractivity contribution in [3.05, 3.63) is 65.5 Å². The number of nitrogens with one attached hydrogen (secondary N) is 2. The van der Waals surface area contributed by atoms with Crippen molar-refractivity contribution in [1.29, 1.82) is 0 Å². The summed E-state index contributed by atoms with van der Waals surface area (Å²) < 4.78 is 68.2. The van der Waals surface area contributed by atoms with Crippen LogP contribution in [0.25, 0.3) is 5.69 Å². The molecule has 3 rings (SSSR count). The molecular formula is C18H12F5N5O2. The number of nitrogens with zero attached hydrogens (tertiary/aromatic N) is 3. The van der Waals surface area contributed by atoms with Crippen LogP contribution >= 0.6 is 0 Å². The third kappa shape index (κ3) is 4.42. The molecule has 0 fully saturated rings. The molecule has 0 spiro atoms. The molecule has 0 aliphatic rings. The Bertz CT molecular complexity index is 1110. The van der Waals surface area contributed by atoms with E-state index in [-0.39, 0.29) is 11.4 Å². The average Bonchev–Trinajstić information content (AvgIpc) is 3.10. The fourth-order valence-corrected chi connectivity index (χ4v) is 2.54. The Morgan fingerprint density at radius 3 is 2.27 bits per heavy atom. The monoisotopic (exact) mass is 425 g/mol. The molecule has 0 saturated heterocycles. The van der Waals surface area contributed by atoms with E-state index in [4.69, 9.17) is 0 Å². The molecule has 0 saturated carbocycles. The number of anilines is 2. The molecule has 7 nitrogen and oxygen atoms in total. The highest BCUT2D eigenvalue weighted by Gasteiger charge is 2.42. The first-order valence-electron chi connectivity index (χ1n) is 8.23. The maximum Gasteiger partial charge on any atom is 0.435 e. The van der Waals surface area contributed by atoms with Crippen molar-refractivity contribution in [1.82, 2.24) is 15.0 Å². The van der Waals surface area contributed by atoms with E-state index in [0.29, 0.717) is 4.68 Å². The standard InChI is InChI=1S/C18H12F5N5O2/c1-9(29)24-11-4-7-13(20)14(8-11)25-17(30)15-16(18(21,22)23)28(27-26-15)12-5-2-10(19)3-6-12/h2-8H,1H3,(H,24,29)(H,25,30). The van der Waals surface area contributed by atoms with Gasteiger partial charge in [-0.3, -0.25) is 9.59 Å². The summed E-state index contributed by atoms with van der Waals surface area (Å²) in [6, 6.07) is 7.04. The highest BCUT2D eigenvalue weighted by Crippen LogP contribution is 2.33. The Morgan fingerprint density at radius 2 is 1.67 bits per heavy atom. The molecule has 156 valence electrons. The van der Waals surface area contributed by atoms with Crippen LogP contribution in [0.4, 0.5) is 33.3 Å². The number of carbonyl (C=O) groups is 2. The lowest BCUT2D eigenvalue weighted by atomic mass is 10.2. The summed E-state index contributed by atoms with van der Waals surface area (Å²) in [7, 11) is 0. The number of benzene rings is 2. The number of halogens is 5. The van der Waals surface area contributed by atoms with Crippen molar-refractivity contribution < 1.29 is 31.5 Å². The minimum atomic E-state index is -5.05. The Morgan fingerprint density at radius 1 is 1.00 bits per heavy atom. The molecule has 1 heterocycles. The molecular weight excluding hydrogens is 413 g/mol. The predicted molar refractivity (Wildman–Crippen MR) is 95.0 cm³/mol. The normalized spacial score (nSPS) is 11.3. The molecule has 2 N–H and O–H groups in total. The molecule has 0 aliphatic heterocycles. The van der Waals surface area contributed by atoms with Crippen LogP contribution < -0.4 is 10.6 Å². The van der Waals surface area contributed by atoms with E-state index in [1.807, 2.05) is 5.32 Å². The van der Waals surface area contributed by atoms with Crippen molar-refractivity contribution >= 4 is 23.2 Å². The third-order valence-corrected chi connectivity index (χ3v) is 3.76. The van der Waals surface area contributed by atoms with Gasteiger partial charge in [-0.2, -0.15) is 13.2 Å². The van der Waals surface area contributed by atoms with E-state index in [2.05, 4.69) is 15.6 Å². The summed E-state index contributed by atoms with van der Waals surface area (Å²) in [5, 5.41) is 10.9. The van der Waals surface area contributed by atoms with Gasteiger partial charge in [-0.05, 0) is 42.5 Å². The quantitative estimate of drug-likeness (QED) is 0.623. The predicted octanol–water partition coefficient (Wildman–Crippen LogP) is 3.78. The number of hydrogen-bond donors (Lipinski definition) is 2. The third-order valence-electron chi connectivity index (χ3n) is 3.76. The Hall–Kier alpha value is -3.83. The largest absolute Gasteiger partial charge is 0.435 e. The van der Waals surface area contributed by atoms with Crippen LogP contribution in [0.15, 0.2) is 42.5 Å². The van der Waals surface area contributed by atoms with Crippen LogP contribution in [0.2, 0.25) is 0 Å². The topological polar surface area (TPSA) is 88.9 Å².